The maximum Gasteiger partial charge on any atom is 0.105 e. The molecule has 1 aromatic rings. The second-order valence-electron chi connectivity index (χ2n) is 6.01. The third-order valence-electron chi connectivity index (χ3n) is 4.41. The second kappa shape index (κ2) is 5.87. The lowest BCUT2D eigenvalue weighted by molar-refractivity contribution is 0.110. The van der Waals surface area contributed by atoms with Gasteiger partial charge in [0.15, 0.2) is 0 Å². The van der Waals surface area contributed by atoms with Crippen LogP contribution in [0.5, 0.6) is 0 Å². The van der Waals surface area contributed by atoms with Gasteiger partial charge in [-0.2, -0.15) is 0 Å². The molecule has 0 amide bonds. The summed E-state index contributed by atoms with van der Waals surface area (Å²) in [6.45, 7) is 8.86. The lowest BCUT2D eigenvalue weighted by Gasteiger charge is -2.43. The van der Waals surface area contributed by atoms with E-state index in [1.807, 2.05) is 6.20 Å². The van der Waals surface area contributed by atoms with Gasteiger partial charge < -0.3 is 9.88 Å². The third-order valence-corrected chi connectivity index (χ3v) is 4.41. The van der Waals surface area contributed by atoms with Crippen LogP contribution in [0.4, 0.5) is 0 Å². The van der Waals surface area contributed by atoms with Gasteiger partial charge in [0.2, 0.25) is 0 Å². The highest BCUT2D eigenvalue weighted by Crippen LogP contribution is 2.44. The molecule has 18 heavy (non-hydrogen) atoms. The lowest BCUT2D eigenvalue weighted by atomic mass is 9.66. The molecular formula is C15H27N3. The Labute approximate surface area is 111 Å². The Hall–Kier alpha value is -0.830. The standard InChI is InChI=1S/C15H27N3/c1-4-6-15(7-5-8-15)12-17-13(2)11-18-10-9-16-14(18)3/h9-10,13,17H,4-8,11-12H2,1-3H3. The molecule has 1 atom stereocenters. The monoisotopic (exact) mass is 249 g/mol. The minimum absolute atomic E-state index is 0.521. The van der Waals surface area contributed by atoms with Crippen LogP contribution in [0.2, 0.25) is 0 Å². The Bertz CT molecular complexity index is 366. The summed E-state index contributed by atoms with van der Waals surface area (Å²) in [5, 5.41) is 3.73. The fraction of sp³-hybridized carbons (Fsp3) is 0.800. The Balaban J connectivity index is 1.77. The molecule has 3 nitrogen and oxygen atoms in total. The first-order valence-electron chi connectivity index (χ1n) is 7.36. The Morgan fingerprint density at radius 3 is 2.78 bits per heavy atom. The molecule has 0 bridgehead atoms. The highest BCUT2D eigenvalue weighted by atomic mass is 15.1. The lowest BCUT2D eigenvalue weighted by Crippen LogP contribution is -2.44. The van der Waals surface area contributed by atoms with Gasteiger partial charge in [-0.25, -0.2) is 4.98 Å². The number of nitrogens with one attached hydrogen (secondary N) is 1. The molecular weight excluding hydrogens is 222 g/mol. The molecule has 2 rings (SSSR count). The van der Waals surface area contributed by atoms with Gasteiger partial charge in [0, 0.05) is 31.5 Å². The zero-order valence-electron chi connectivity index (χ0n) is 12.1. The minimum Gasteiger partial charge on any atom is -0.334 e. The summed E-state index contributed by atoms with van der Waals surface area (Å²) in [4.78, 5) is 4.27. The third kappa shape index (κ3) is 3.14. The van der Waals surface area contributed by atoms with Gasteiger partial charge in [0.25, 0.3) is 0 Å². The number of aromatic nitrogens is 2. The van der Waals surface area contributed by atoms with Gasteiger partial charge >= 0.3 is 0 Å². The van der Waals surface area contributed by atoms with Crippen molar-refractivity contribution in [2.24, 2.45) is 5.41 Å². The molecule has 102 valence electrons. The number of hydrogen-bond acceptors (Lipinski definition) is 2. The van der Waals surface area contributed by atoms with Crippen molar-refractivity contribution in [2.75, 3.05) is 6.54 Å². The molecule has 0 spiro atoms. The van der Waals surface area contributed by atoms with Crippen LogP contribution in [0, 0.1) is 12.3 Å². The fourth-order valence-electron chi connectivity index (χ4n) is 3.07. The van der Waals surface area contributed by atoms with Crippen molar-refractivity contribution in [2.45, 2.75) is 65.5 Å². The van der Waals surface area contributed by atoms with Crippen molar-refractivity contribution < 1.29 is 0 Å². The van der Waals surface area contributed by atoms with E-state index in [2.05, 4.69) is 41.8 Å². The van der Waals surface area contributed by atoms with Gasteiger partial charge in [-0.3, -0.25) is 0 Å². The van der Waals surface area contributed by atoms with Crippen LogP contribution in [0.3, 0.4) is 0 Å². The molecule has 1 N–H and O–H groups in total. The molecule has 1 aliphatic carbocycles. The van der Waals surface area contributed by atoms with Gasteiger partial charge in [-0.15, -0.1) is 0 Å². The molecule has 0 aromatic carbocycles. The first-order valence-corrected chi connectivity index (χ1v) is 7.36. The topological polar surface area (TPSA) is 29.9 Å². The first kappa shape index (κ1) is 13.6. The Morgan fingerprint density at radius 2 is 2.28 bits per heavy atom. The molecule has 1 aromatic heterocycles. The van der Waals surface area contributed by atoms with Crippen molar-refractivity contribution in [1.29, 1.82) is 0 Å². The molecule has 1 unspecified atom stereocenters. The van der Waals surface area contributed by atoms with E-state index in [4.69, 9.17) is 0 Å². The maximum atomic E-state index is 4.27. The maximum absolute atomic E-state index is 4.27. The highest BCUT2D eigenvalue weighted by molar-refractivity contribution is 4.92. The van der Waals surface area contributed by atoms with Crippen LogP contribution < -0.4 is 5.32 Å². The van der Waals surface area contributed by atoms with Crippen molar-refractivity contribution in [3.05, 3.63) is 18.2 Å². The summed E-state index contributed by atoms with van der Waals surface area (Å²) in [6, 6.07) is 0.521. The van der Waals surface area contributed by atoms with Crippen molar-refractivity contribution in [3.63, 3.8) is 0 Å². The van der Waals surface area contributed by atoms with E-state index in [1.54, 1.807) is 0 Å². The molecule has 3 heteroatoms. The van der Waals surface area contributed by atoms with Crippen LogP contribution in [0.15, 0.2) is 12.4 Å². The molecule has 0 aliphatic heterocycles. The molecule has 1 aliphatic rings. The Morgan fingerprint density at radius 1 is 1.50 bits per heavy atom. The van der Waals surface area contributed by atoms with Crippen molar-refractivity contribution in [1.82, 2.24) is 14.9 Å². The van der Waals surface area contributed by atoms with Crippen molar-refractivity contribution in [3.8, 4) is 0 Å². The molecule has 1 fully saturated rings. The van der Waals surface area contributed by atoms with Gasteiger partial charge in [-0.1, -0.05) is 19.8 Å². The van der Waals surface area contributed by atoms with E-state index < -0.39 is 0 Å². The van der Waals surface area contributed by atoms with Crippen LogP contribution in [-0.2, 0) is 6.54 Å². The number of hydrogen-bond donors (Lipinski definition) is 1. The molecule has 0 saturated heterocycles. The summed E-state index contributed by atoms with van der Waals surface area (Å²) >= 11 is 0. The zero-order valence-corrected chi connectivity index (χ0v) is 12.1. The highest BCUT2D eigenvalue weighted by Gasteiger charge is 2.35. The van der Waals surface area contributed by atoms with Gasteiger partial charge in [-0.05, 0) is 38.5 Å². The van der Waals surface area contributed by atoms with Crippen LogP contribution in [-0.4, -0.2) is 22.1 Å². The summed E-state index contributed by atoms with van der Waals surface area (Å²) in [5.74, 6) is 1.11. The van der Waals surface area contributed by atoms with Gasteiger partial charge in [0.1, 0.15) is 5.82 Å². The van der Waals surface area contributed by atoms with E-state index in [0.717, 1.165) is 12.4 Å². The summed E-state index contributed by atoms with van der Waals surface area (Å²) in [7, 11) is 0. The van der Waals surface area contributed by atoms with E-state index in [0.29, 0.717) is 11.5 Å². The largest absolute Gasteiger partial charge is 0.334 e. The number of imidazole rings is 1. The van der Waals surface area contributed by atoms with E-state index >= 15 is 0 Å². The van der Waals surface area contributed by atoms with Crippen LogP contribution in [0.25, 0.3) is 0 Å². The number of aryl methyl sites for hydroxylation is 1. The normalized spacial score (nSPS) is 19.5. The van der Waals surface area contributed by atoms with Gasteiger partial charge in [0.05, 0.1) is 0 Å². The molecule has 1 saturated carbocycles. The summed E-state index contributed by atoms with van der Waals surface area (Å²) in [6.07, 6.45) is 10.9. The molecule has 1 heterocycles. The number of rotatable bonds is 7. The second-order valence-corrected chi connectivity index (χ2v) is 6.01. The zero-order chi connectivity index (χ0) is 13.0. The SMILES string of the molecule is CCCC1(CNC(C)Cn2ccnc2C)CCC1. The smallest absolute Gasteiger partial charge is 0.105 e. The Kier molecular flexibility index (Phi) is 4.44. The summed E-state index contributed by atoms with van der Waals surface area (Å²) < 4.78 is 2.23. The fourth-order valence-corrected chi connectivity index (χ4v) is 3.07. The van der Waals surface area contributed by atoms with Crippen LogP contribution >= 0.6 is 0 Å². The van der Waals surface area contributed by atoms with E-state index in [1.165, 1.54) is 38.6 Å². The molecule has 0 radical (unpaired) electrons. The van der Waals surface area contributed by atoms with E-state index in [-0.39, 0.29) is 0 Å². The predicted octanol–water partition coefficient (Wildman–Crippen LogP) is 3.14. The van der Waals surface area contributed by atoms with Crippen LogP contribution in [0.1, 0.15) is 51.8 Å². The minimum atomic E-state index is 0.521. The van der Waals surface area contributed by atoms with E-state index in [9.17, 15) is 0 Å². The predicted molar refractivity (Wildman–Crippen MR) is 75.6 cm³/mol. The average molecular weight is 249 g/mol. The quantitative estimate of drug-likeness (QED) is 0.804. The average Bonchev–Trinajstić information content (AvgIpc) is 2.68. The van der Waals surface area contributed by atoms with Crippen molar-refractivity contribution >= 4 is 0 Å². The summed E-state index contributed by atoms with van der Waals surface area (Å²) in [5.41, 5.74) is 0.618. The first-order chi connectivity index (χ1) is 8.65. The number of nitrogens with zero attached hydrogens (tertiary/aromatic N) is 2.